The third-order valence-corrected chi connectivity index (χ3v) is 3.01. The second-order valence-electron chi connectivity index (χ2n) is 3.52. The zero-order valence-electron chi connectivity index (χ0n) is 9.47. The molecule has 0 aliphatic carbocycles. The summed E-state index contributed by atoms with van der Waals surface area (Å²) in [6, 6.07) is 7.76. The fourth-order valence-electron chi connectivity index (χ4n) is 1.55. The van der Waals surface area contributed by atoms with E-state index in [-0.39, 0.29) is 0 Å². The lowest BCUT2D eigenvalue weighted by atomic mass is 10.2. The van der Waals surface area contributed by atoms with Crippen molar-refractivity contribution >= 4 is 12.2 Å². The molecule has 2 rings (SSSR count). The molecule has 0 N–H and O–H groups in total. The van der Waals surface area contributed by atoms with Gasteiger partial charge in [0.05, 0.1) is 7.11 Å². The highest BCUT2D eigenvalue weighted by Gasteiger charge is 2.07. The second-order valence-corrected chi connectivity index (χ2v) is 3.88. The molecule has 0 radical (unpaired) electrons. The molecule has 84 valence electrons. The molecule has 0 saturated heterocycles. The number of hydrogen-bond donors (Lipinski definition) is 0. The van der Waals surface area contributed by atoms with Gasteiger partial charge >= 0.3 is 0 Å². The summed E-state index contributed by atoms with van der Waals surface area (Å²) in [6.07, 6.45) is 0. The smallest absolute Gasteiger partial charge is 0.197 e. The first-order valence-corrected chi connectivity index (χ1v) is 5.28. The lowest BCUT2D eigenvalue weighted by Crippen LogP contribution is -1.92. The van der Waals surface area contributed by atoms with Crippen molar-refractivity contribution < 1.29 is 4.74 Å². The molecule has 4 nitrogen and oxygen atoms in total. The summed E-state index contributed by atoms with van der Waals surface area (Å²) in [7, 11) is 5.40. The number of ether oxygens (including phenoxy) is 1. The molecule has 0 atom stereocenters. The number of methoxy groups -OCH3 is 1. The highest BCUT2D eigenvalue weighted by atomic mass is 32.1. The molecule has 1 aromatic carbocycles. The van der Waals surface area contributed by atoms with Crippen LogP contribution in [0.2, 0.25) is 0 Å². The lowest BCUT2D eigenvalue weighted by molar-refractivity contribution is 0.415. The third kappa shape index (κ3) is 1.74. The average Bonchev–Trinajstić information content (AvgIpc) is 2.57. The van der Waals surface area contributed by atoms with Gasteiger partial charge in [0.2, 0.25) is 0 Å². The van der Waals surface area contributed by atoms with Crippen molar-refractivity contribution in [1.82, 2.24) is 14.3 Å². The minimum Gasteiger partial charge on any atom is -0.497 e. The van der Waals surface area contributed by atoms with E-state index >= 15 is 0 Å². The van der Waals surface area contributed by atoms with Crippen molar-refractivity contribution in [1.29, 1.82) is 0 Å². The Balaban J connectivity index is 2.50. The van der Waals surface area contributed by atoms with E-state index in [1.165, 1.54) is 0 Å². The second kappa shape index (κ2) is 4.09. The fraction of sp³-hybridized carbons (Fsp3) is 0.273. The van der Waals surface area contributed by atoms with Crippen molar-refractivity contribution in [3.8, 4) is 17.1 Å². The van der Waals surface area contributed by atoms with Gasteiger partial charge in [-0.3, -0.25) is 0 Å². The van der Waals surface area contributed by atoms with Crippen LogP contribution in [0.5, 0.6) is 5.75 Å². The molecular formula is C11H13N3OS. The average molecular weight is 235 g/mol. The molecular weight excluding hydrogens is 222 g/mol. The Morgan fingerprint density at radius 3 is 2.25 bits per heavy atom. The van der Waals surface area contributed by atoms with E-state index in [9.17, 15) is 0 Å². The third-order valence-electron chi connectivity index (χ3n) is 2.47. The van der Waals surface area contributed by atoms with Gasteiger partial charge in [-0.05, 0) is 36.5 Å². The van der Waals surface area contributed by atoms with Crippen LogP contribution in [0.15, 0.2) is 24.3 Å². The Morgan fingerprint density at radius 1 is 1.19 bits per heavy atom. The number of rotatable bonds is 2. The van der Waals surface area contributed by atoms with Crippen LogP contribution in [-0.2, 0) is 14.1 Å². The first-order valence-electron chi connectivity index (χ1n) is 4.88. The normalized spacial score (nSPS) is 10.4. The number of nitrogens with zero attached hydrogens (tertiary/aromatic N) is 3. The quantitative estimate of drug-likeness (QED) is 0.748. The molecule has 0 amide bonds. The van der Waals surface area contributed by atoms with E-state index in [1.54, 1.807) is 11.8 Å². The summed E-state index contributed by atoms with van der Waals surface area (Å²) >= 11 is 5.20. The zero-order chi connectivity index (χ0) is 11.7. The summed E-state index contributed by atoms with van der Waals surface area (Å²) in [5.74, 6) is 1.69. The van der Waals surface area contributed by atoms with Crippen LogP contribution >= 0.6 is 12.2 Å². The molecule has 1 aromatic heterocycles. The molecule has 0 unspecified atom stereocenters. The summed E-state index contributed by atoms with van der Waals surface area (Å²) < 4.78 is 9.39. The Labute approximate surface area is 99.1 Å². The summed E-state index contributed by atoms with van der Waals surface area (Å²) in [5.41, 5.74) is 1.02. The van der Waals surface area contributed by atoms with Crippen LogP contribution in [-0.4, -0.2) is 21.5 Å². The largest absolute Gasteiger partial charge is 0.497 e. The highest BCUT2D eigenvalue weighted by Crippen LogP contribution is 2.20. The Bertz CT molecular complexity index is 554. The molecule has 0 saturated carbocycles. The van der Waals surface area contributed by atoms with Gasteiger partial charge in [0.1, 0.15) is 5.75 Å². The van der Waals surface area contributed by atoms with Gasteiger partial charge < -0.3 is 9.30 Å². The Hall–Kier alpha value is -1.62. The van der Waals surface area contributed by atoms with Crippen molar-refractivity contribution in [3.63, 3.8) is 0 Å². The molecule has 0 spiro atoms. The summed E-state index contributed by atoms with van der Waals surface area (Å²) in [4.78, 5) is 0. The van der Waals surface area contributed by atoms with Gasteiger partial charge in [-0.2, -0.15) is 5.10 Å². The van der Waals surface area contributed by atoms with Crippen molar-refractivity contribution in [2.75, 3.05) is 7.11 Å². The van der Waals surface area contributed by atoms with E-state index in [1.807, 2.05) is 42.9 Å². The predicted molar refractivity (Wildman–Crippen MR) is 65.0 cm³/mol. The summed E-state index contributed by atoms with van der Waals surface area (Å²) in [6.45, 7) is 0. The van der Waals surface area contributed by atoms with Gasteiger partial charge in [0.25, 0.3) is 0 Å². The lowest BCUT2D eigenvalue weighted by Gasteiger charge is -2.02. The van der Waals surface area contributed by atoms with Crippen LogP contribution in [0.25, 0.3) is 11.4 Å². The van der Waals surface area contributed by atoms with Crippen LogP contribution in [0.1, 0.15) is 0 Å². The molecule has 0 aliphatic rings. The van der Waals surface area contributed by atoms with Gasteiger partial charge in [-0.15, -0.1) is 0 Å². The maximum atomic E-state index is 5.20. The standard InChI is InChI=1S/C11H13N3OS/c1-13-10(12-14(2)11(13)16)8-4-6-9(15-3)7-5-8/h4-7H,1-3H3. The zero-order valence-corrected chi connectivity index (χ0v) is 10.3. The Morgan fingerprint density at radius 2 is 1.81 bits per heavy atom. The minimum absolute atomic E-state index is 0.700. The Kier molecular flexibility index (Phi) is 2.78. The monoisotopic (exact) mass is 235 g/mol. The molecule has 0 bridgehead atoms. The van der Waals surface area contributed by atoms with Gasteiger partial charge in [0, 0.05) is 19.7 Å². The highest BCUT2D eigenvalue weighted by molar-refractivity contribution is 7.71. The van der Waals surface area contributed by atoms with Crippen LogP contribution in [0.3, 0.4) is 0 Å². The summed E-state index contributed by atoms with van der Waals surface area (Å²) in [5, 5.41) is 4.37. The van der Waals surface area contributed by atoms with Crippen LogP contribution in [0, 0.1) is 4.77 Å². The number of benzene rings is 1. The first kappa shape index (κ1) is 10.9. The van der Waals surface area contributed by atoms with Crippen molar-refractivity contribution in [2.45, 2.75) is 0 Å². The topological polar surface area (TPSA) is 32.0 Å². The molecule has 0 fully saturated rings. The van der Waals surface area contributed by atoms with Crippen molar-refractivity contribution in [2.24, 2.45) is 14.1 Å². The maximum Gasteiger partial charge on any atom is 0.197 e. The SMILES string of the molecule is COc1ccc(-c2nn(C)c(=S)n2C)cc1. The first-order chi connectivity index (χ1) is 7.63. The molecule has 2 aromatic rings. The van der Waals surface area contributed by atoms with Crippen LogP contribution < -0.4 is 4.74 Å². The van der Waals surface area contributed by atoms with E-state index in [2.05, 4.69) is 5.10 Å². The van der Waals surface area contributed by atoms with Gasteiger partial charge in [-0.1, -0.05) is 0 Å². The fourth-order valence-corrected chi connectivity index (χ4v) is 1.68. The van der Waals surface area contributed by atoms with E-state index < -0.39 is 0 Å². The minimum atomic E-state index is 0.700. The van der Waals surface area contributed by atoms with E-state index in [0.29, 0.717) is 4.77 Å². The van der Waals surface area contributed by atoms with Crippen LogP contribution in [0.4, 0.5) is 0 Å². The molecule has 5 heteroatoms. The van der Waals surface area contributed by atoms with E-state index in [4.69, 9.17) is 17.0 Å². The number of aryl methyl sites for hydroxylation is 1. The van der Waals surface area contributed by atoms with Gasteiger partial charge in [0.15, 0.2) is 10.6 Å². The molecule has 0 aliphatic heterocycles. The van der Waals surface area contributed by atoms with Gasteiger partial charge in [-0.25, -0.2) is 4.68 Å². The molecule has 16 heavy (non-hydrogen) atoms. The predicted octanol–water partition coefficient (Wildman–Crippen LogP) is 2.16. The van der Waals surface area contributed by atoms with E-state index in [0.717, 1.165) is 17.1 Å². The van der Waals surface area contributed by atoms with Crippen molar-refractivity contribution in [3.05, 3.63) is 29.0 Å². The number of hydrogen-bond acceptors (Lipinski definition) is 3. The maximum absolute atomic E-state index is 5.20. The number of aromatic nitrogens is 3. The molecule has 1 heterocycles.